The van der Waals surface area contributed by atoms with Crippen molar-refractivity contribution in [2.24, 2.45) is 0 Å². The Balaban J connectivity index is 1.66. The highest BCUT2D eigenvalue weighted by Gasteiger charge is 2.21. The quantitative estimate of drug-likeness (QED) is 0.675. The van der Waals surface area contributed by atoms with E-state index in [1.54, 1.807) is 0 Å². The number of nitrogens with zero attached hydrogens (tertiary/aromatic N) is 4. The van der Waals surface area contributed by atoms with E-state index in [1.165, 1.54) is 16.8 Å². The van der Waals surface area contributed by atoms with Crippen LogP contribution in [0.2, 0.25) is 0 Å². The highest BCUT2D eigenvalue weighted by Crippen LogP contribution is 2.28. The zero-order chi connectivity index (χ0) is 21.1. The molecule has 0 spiro atoms. The number of piperazine rings is 1. The molecule has 0 atom stereocenters. The SMILES string of the molecule is Cc1ccccc1-c1nn(-c2ccc(F)cc2F)cc1CN1CCN(CCO)CC1. The van der Waals surface area contributed by atoms with E-state index in [0.29, 0.717) is 13.1 Å². The van der Waals surface area contributed by atoms with Gasteiger partial charge in [-0.1, -0.05) is 24.3 Å². The van der Waals surface area contributed by atoms with E-state index in [4.69, 9.17) is 10.2 Å². The van der Waals surface area contributed by atoms with Gasteiger partial charge in [-0.05, 0) is 24.6 Å². The number of aliphatic hydroxyl groups excluding tert-OH is 1. The molecule has 7 heteroatoms. The summed E-state index contributed by atoms with van der Waals surface area (Å²) in [6.07, 6.45) is 1.85. The molecular formula is C23H26F2N4O. The van der Waals surface area contributed by atoms with Crippen LogP contribution in [-0.4, -0.2) is 64.0 Å². The van der Waals surface area contributed by atoms with E-state index in [9.17, 15) is 8.78 Å². The number of hydrogen-bond donors (Lipinski definition) is 1. The van der Waals surface area contributed by atoms with Gasteiger partial charge in [-0.25, -0.2) is 13.5 Å². The lowest BCUT2D eigenvalue weighted by molar-refractivity contribution is 0.108. The standard InChI is InChI=1S/C23H26F2N4O/c1-17-4-2-3-5-20(17)23-18(15-28-10-8-27(9-11-28)12-13-30)16-29(26-23)22-7-6-19(24)14-21(22)25/h2-7,14,16,30H,8-13,15H2,1H3. The predicted octanol–water partition coefficient (Wildman–Crippen LogP) is 3.24. The molecule has 1 aliphatic rings. The van der Waals surface area contributed by atoms with Crippen molar-refractivity contribution in [1.29, 1.82) is 0 Å². The zero-order valence-corrected chi connectivity index (χ0v) is 17.1. The van der Waals surface area contributed by atoms with Crippen LogP contribution in [0, 0.1) is 18.6 Å². The molecule has 2 aromatic carbocycles. The van der Waals surface area contributed by atoms with Crippen molar-refractivity contribution in [2.45, 2.75) is 13.5 Å². The van der Waals surface area contributed by atoms with Crippen molar-refractivity contribution >= 4 is 0 Å². The van der Waals surface area contributed by atoms with Gasteiger partial charge in [0.1, 0.15) is 11.5 Å². The molecular weight excluding hydrogens is 386 g/mol. The molecule has 30 heavy (non-hydrogen) atoms. The van der Waals surface area contributed by atoms with Crippen LogP contribution in [0.25, 0.3) is 16.9 Å². The van der Waals surface area contributed by atoms with Gasteiger partial charge in [-0.15, -0.1) is 0 Å². The number of aryl methyl sites for hydroxylation is 1. The first-order valence-electron chi connectivity index (χ1n) is 10.2. The first-order chi connectivity index (χ1) is 14.5. The number of rotatable bonds is 6. The zero-order valence-electron chi connectivity index (χ0n) is 17.1. The number of β-amino-alcohol motifs (C(OH)–C–C–N with tert-alkyl or cyclic N) is 1. The van der Waals surface area contributed by atoms with Crippen LogP contribution in [0.4, 0.5) is 8.78 Å². The maximum Gasteiger partial charge on any atom is 0.151 e. The van der Waals surface area contributed by atoms with E-state index in [2.05, 4.69) is 9.80 Å². The average Bonchev–Trinajstić information content (AvgIpc) is 3.13. The number of halogens is 2. The summed E-state index contributed by atoms with van der Waals surface area (Å²) in [7, 11) is 0. The third-order valence-corrected chi connectivity index (χ3v) is 5.62. The average molecular weight is 412 g/mol. The Kier molecular flexibility index (Phi) is 6.22. The minimum Gasteiger partial charge on any atom is -0.395 e. The topological polar surface area (TPSA) is 44.5 Å². The van der Waals surface area contributed by atoms with Crippen LogP contribution in [0.5, 0.6) is 0 Å². The van der Waals surface area contributed by atoms with Crippen LogP contribution in [0.1, 0.15) is 11.1 Å². The summed E-state index contributed by atoms with van der Waals surface area (Å²) in [4.78, 5) is 4.59. The van der Waals surface area contributed by atoms with Gasteiger partial charge in [0.15, 0.2) is 5.82 Å². The van der Waals surface area contributed by atoms with E-state index >= 15 is 0 Å². The minimum atomic E-state index is -0.641. The van der Waals surface area contributed by atoms with Gasteiger partial charge in [-0.2, -0.15) is 5.10 Å². The number of aliphatic hydroxyl groups is 1. The van der Waals surface area contributed by atoms with Gasteiger partial charge in [0.2, 0.25) is 0 Å². The molecule has 1 saturated heterocycles. The first-order valence-corrected chi connectivity index (χ1v) is 10.2. The summed E-state index contributed by atoms with van der Waals surface area (Å²) in [5.74, 6) is -1.25. The molecule has 0 unspecified atom stereocenters. The molecule has 4 rings (SSSR count). The predicted molar refractivity (Wildman–Crippen MR) is 112 cm³/mol. The monoisotopic (exact) mass is 412 g/mol. The van der Waals surface area contributed by atoms with E-state index in [-0.39, 0.29) is 12.3 Å². The number of aromatic nitrogens is 2. The Morgan fingerprint density at radius 3 is 2.43 bits per heavy atom. The Bertz CT molecular complexity index is 1010. The van der Waals surface area contributed by atoms with Gasteiger partial charge < -0.3 is 5.11 Å². The minimum absolute atomic E-state index is 0.174. The van der Waals surface area contributed by atoms with E-state index in [0.717, 1.165) is 54.6 Å². The first kappa shape index (κ1) is 20.7. The van der Waals surface area contributed by atoms with Crippen LogP contribution in [-0.2, 0) is 6.54 Å². The molecule has 158 valence electrons. The van der Waals surface area contributed by atoms with Gasteiger partial charge in [0.05, 0.1) is 12.3 Å². The molecule has 1 aromatic heterocycles. The maximum atomic E-state index is 14.4. The van der Waals surface area contributed by atoms with Gasteiger partial charge in [-0.3, -0.25) is 9.80 Å². The van der Waals surface area contributed by atoms with Crippen molar-refractivity contribution in [3.63, 3.8) is 0 Å². The summed E-state index contributed by atoms with van der Waals surface area (Å²) in [6, 6.07) is 11.5. The fourth-order valence-electron chi connectivity index (χ4n) is 3.93. The molecule has 0 bridgehead atoms. The van der Waals surface area contributed by atoms with Crippen LogP contribution in [0.3, 0.4) is 0 Å². The van der Waals surface area contributed by atoms with Crippen LogP contribution >= 0.6 is 0 Å². The second-order valence-electron chi connectivity index (χ2n) is 7.70. The lowest BCUT2D eigenvalue weighted by Crippen LogP contribution is -2.46. The van der Waals surface area contributed by atoms with Crippen molar-refractivity contribution in [3.8, 4) is 16.9 Å². The molecule has 3 aromatic rings. The summed E-state index contributed by atoms with van der Waals surface area (Å²) in [5.41, 5.74) is 4.15. The molecule has 1 aliphatic heterocycles. The Morgan fingerprint density at radius 1 is 1.00 bits per heavy atom. The van der Waals surface area contributed by atoms with Gasteiger partial charge >= 0.3 is 0 Å². The second kappa shape index (κ2) is 9.04. The molecule has 1 N–H and O–H groups in total. The van der Waals surface area contributed by atoms with E-state index < -0.39 is 11.6 Å². The maximum absolute atomic E-state index is 14.4. The lowest BCUT2D eigenvalue weighted by Gasteiger charge is -2.34. The molecule has 5 nitrogen and oxygen atoms in total. The normalized spacial score (nSPS) is 15.6. The van der Waals surface area contributed by atoms with Gasteiger partial charge in [0.25, 0.3) is 0 Å². The van der Waals surface area contributed by atoms with Crippen LogP contribution < -0.4 is 0 Å². The van der Waals surface area contributed by atoms with Crippen molar-refractivity contribution < 1.29 is 13.9 Å². The molecule has 0 amide bonds. The third kappa shape index (κ3) is 4.43. The molecule has 0 aliphatic carbocycles. The summed E-state index contributed by atoms with van der Waals surface area (Å²) in [6.45, 7) is 7.19. The van der Waals surface area contributed by atoms with Crippen molar-refractivity contribution in [3.05, 3.63) is 71.4 Å². The summed E-state index contributed by atoms with van der Waals surface area (Å²) < 4.78 is 29.3. The van der Waals surface area contributed by atoms with Crippen LogP contribution in [0.15, 0.2) is 48.7 Å². The fourth-order valence-corrected chi connectivity index (χ4v) is 3.93. The largest absolute Gasteiger partial charge is 0.395 e. The second-order valence-corrected chi connectivity index (χ2v) is 7.70. The van der Waals surface area contributed by atoms with Gasteiger partial charge in [0, 0.05) is 62.7 Å². The van der Waals surface area contributed by atoms with Crippen molar-refractivity contribution in [2.75, 3.05) is 39.3 Å². The summed E-state index contributed by atoms with van der Waals surface area (Å²) >= 11 is 0. The Labute approximate surface area is 175 Å². The number of hydrogen-bond acceptors (Lipinski definition) is 4. The molecule has 0 radical (unpaired) electrons. The lowest BCUT2D eigenvalue weighted by atomic mass is 10.0. The molecule has 0 saturated carbocycles. The summed E-state index contributed by atoms with van der Waals surface area (Å²) in [5, 5.41) is 13.8. The Morgan fingerprint density at radius 2 is 1.73 bits per heavy atom. The fraction of sp³-hybridized carbons (Fsp3) is 0.348. The highest BCUT2D eigenvalue weighted by atomic mass is 19.1. The highest BCUT2D eigenvalue weighted by molar-refractivity contribution is 5.66. The van der Waals surface area contributed by atoms with E-state index in [1.807, 2.05) is 37.4 Å². The number of benzene rings is 2. The molecule has 1 fully saturated rings. The smallest absolute Gasteiger partial charge is 0.151 e. The third-order valence-electron chi connectivity index (χ3n) is 5.62. The van der Waals surface area contributed by atoms with Crippen molar-refractivity contribution in [1.82, 2.24) is 19.6 Å². The molecule has 2 heterocycles. The Hall–Kier alpha value is -2.61.